The zero-order valence-corrected chi connectivity index (χ0v) is 6.88. The molecule has 0 bridgehead atoms. The molecular weight excluding hydrogens is 140 g/mol. The number of hydrogen-bond donors (Lipinski definition) is 0. The van der Waals surface area contributed by atoms with Crippen LogP contribution in [-0.2, 0) is 9.47 Å². The van der Waals surface area contributed by atoms with Gasteiger partial charge in [-0.05, 0) is 19.3 Å². The Hall–Kier alpha value is -0.0800. The molecule has 0 aromatic rings. The number of rotatable bonds is 1. The van der Waals surface area contributed by atoms with Crippen molar-refractivity contribution in [3.63, 3.8) is 0 Å². The van der Waals surface area contributed by atoms with Gasteiger partial charge in [-0.1, -0.05) is 6.92 Å². The Bertz CT molecular complexity index is 150. The highest BCUT2D eigenvalue weighted by Gasteiger charge is 2.46. The van der Waals surface area contributed by atoms with E-state index >= 15 is 0 Å². The standard InChI is InChI=1S/C9H14O2/c1-7(2)8-6-10-9(11-8)4-3-5-9/h1,7-8H,3-6H2,2H3. The Labute approximate surface area is 67.9 Å². The second kappa shape index (κ2) is 2.46. The average Bonchev–Trinajstić information content (AvgIpc) is 2.28. The van der Waals surface area contributed by atoms with Crippen LogP contribution in [0.15, 0.2) is 0 Å². The molecule has 0 aromatic heterocycles. The van der Waals surface area contributed by atoms with E-state index in [4.69, 9.17) is 16.4 Å². The van der Waals surface area contributed by atoms with E-state index in [2.05, 4.69) is 0 Å². The fourth-order valence-electron chi connectivity index (χ4n) is 1.56. The zero-order chi connectivity index (χ0) is 7.90. The lowest BCUT2D eigenvalue weighted by atomic mass is 9.91. The van der Waals surface area contributed by atoms with Crippen molar-refractivity contribution in [2.45, 2.75) is 38.1 Å². The van der Waals surface area contributed by atoms with Crippen molar-refractivity contribution in [3.8, 4) is 0 Å². The average molecular weight is 154 g/mol. The van der Waals surface area contributed by atoms with E-state index in [0.29, 0.717) is 6.61 Å². The van der Waals surface area contributed by atoms with Gasteiger partial charge < -0.3 is 9.47 Å². The third-order valence-electron chi connectivity index (χ3n) is 2.58. The van der Waals surface area contributed by atoms with Crippen molar-refractivity contribution >= 4 is 0 Å². The Kier molecular flexibility index (Phi) is 1.69. The van der Waals surface area contributed by atoms with Crippen molar-refractivity contribution in [3.05, 3.63) is 6.92 Å². The first-order valence-corrected chi connectivity index (χ1v) is 4.29. The molecule has 0 N–H and O–H groups in total. The molecule has 2 atom stereocenters. The molecule has 2 aliphatic rings. The molecule has 11 heavy (non-hydrogen) atoms. The van der Waals surface area contributed by atoms with Gasteiger partial charge in [-0.2, -0.15) is 0 Å². The lowest BCUT2D eigenvalue weighted by Crippen LogP contribution is -2.38. The van der Waals surface area contributed by atoms with E-state index < -0.39 is 0 Å². The summed E-state index contributed by atoms with van der Waals surface area (Å²) in [5.41, 5.74) is 0. The smallest absolute Gasteiger partial charge is 0.168 e. The molecule has 2 fully saturated rings. The summed E-state index contributed by atoms with van der Waals surface area (Å²) >= 11 is 0. The first kappa shape index (κ1) is 7.56. The number of hydrogen-bond acceptors (Lipinski definition) is 2. The predicted molar refractivity (Wildman–Crippen MR) is 40.9 cm³/mol. The normalized spacial score (nSPS) is 34.6. The Morgan fingerprint density at radius 3 is 2.55 bits per heavy atom. The van der Waals surface area contributed by atoms with Crippen LogP contribution < -0.4 is 0 Å². The van der Waals surface area contributed by atoms with Gasteiger partial charge in [0.25, 0.3) is 0 Å². The van der Waals surface area contributed by atoms with Crippen LogP contribution in [0.3, 0.4) is 0 Å². The predicted octanol–water partition coefficient (Wildman–Crippen LogP) is 1.63. The first-order valence-electron chi connectivity index (χ1n) is 4.29. The van der Waals surface area contributed by atoms with Gasteiger partial charge in [0.2, 0.25) is 0 Å². The molecule has 2 radical (unpaired) electrons. The highest BCUT2D eigenvalue weighted by atomic mass is 16.7. The molecule has 0 aromatic carbocycles. The van der Waals surface area contributed by atoms with E-state index in [9.17, 15) is 0 Å². The summed E-state index contributed by atoms with van der Waals surface area (Å²) in [6.45, 7) is 8.33. The van der Waals surface area contributed by atoms with Gasteiger partial charge in [-0.15, -0.1) is 0 Å². The van der Waals surface area contributed by atoms with E-state index in [0.717, 1.165) is 12.8 Å². The summed E-state index contributed by atoms with van der Waals surface area (Å²) < 4.78 is 11.2. The molecule has 2 heteroatoms. The summed E-state index contributed by atoms with van der Waals surface area (Å²) in [7, 11) is 0. The van der Waals surface area contributed by atoms with Crippen molar-refractivity contribution < 1.29 is 9.47 Å². The van der Waals surface area contributed by atoms with E-state index in [1.165, 1.54) is 6.42 Å². The van der Waals surface area contributed by atoms with Crippen molar-refractivity contribution in [1.29, 1.82) is 0 Å². The highest BCUT2D eigenvalue weighted by molar-refractivity contribution is 4.88. The van der Waals surface area contributed by atoms with Gasteiger partial charge in [0.15, 0.2) is 5.79 Å². The van der Waals surface area contributed by atoms with Crippen LogP contribution in [0, 0.1) is 12.8 Å². The van der Waals surface area contributed by atoms with Gasteiger partial charge in [0.05, 0.1) is 12.7 Å². The topological polar surface area (TPSA) is 18.5 Å². The van der Waals surface area contributed by atoms with Gasteiger partial charge >= 0.3 is 0 Å². The Morgan fingerprint density at radius 2 is 2.27 bits per heavy atom. The summed E-state index contributed by atoms with van der Waals surface area (Å²) in [5.74, 6) is -0.117. The molecule has 0 amide bonds. The zero-order valence-electron chi connectivity index (χ0n) is 6.88. The van der Waals surface area contributed by atoms with E-state index in [1.54, 1.807) is 0 Å². The van der Waals surface area contributed by atoms with Gasteiger partial charge in [0, 0.05) is 12.8 Å². The summed E-state index contributed by atoms with van der Waals surface area (Å²) in [5, 5.41) is 0. The minimum Gasteiger partial charge on any atom is -0.347 e. The van der Waals surface area contributed by atoms with Crippen LogP contribution >= 0.6 is 0 Å². The van der Waals surface area contributed by atoms with Gasteiger partial charge in [-0.25, -0.2) is 0 Å². The maximum atomic E-state index is 5.70. The van der Waals surface area contributed by atoms with Crippen molar-refractivity contribution in [1.82, 2.24) is 0 Å². The molecule has 1 saturated heterocycles. The third kappa shape index (κ3) is 1.18. The molecule has 62 valence electrons. The lowest BCUT2D eigenvalue weighted by molar-refractivity contribution is -0.218. The van der Waals surface area contributed by atoms with Crippen LogP contribution in [0.25, 0.3) is 0 Å². The van der Waals surface area contributed by atoms with E-state index in [1.807, 2.05) is 6.92 Å². The van der Waals surface area contributed by atoms with E-state index in [-0.39, 0.29) is 17.8 Å². The maximum absolute atomic E-state index is 5.70. The van der Waals surface area contributed by atoms with Crippen LogP contribution in [0.4, 0.5) is 0 Å². The monoisotopic (exact) mass is 154 g/mol. The van der Waals surface area contributed by atoms with Crippen LogP contribution in [-0.4, -0.2) is 18.5 Å². The molecule has 1 heterocycles. The van der Waals surface area contributed by atoms with Crippen molar-refractivity contribution in [2.24, 2.45) is 5.92 Å². The molecule has 1 saturated carbocycles. The van der Waals surface area contributed by atoms with Crippen LogP contribution in [0.1, 0.15) is 26.2 Å². The minimum atomic E-state index is -0.210. The fourth-order valence-corrected chi connectivity index (χ4v) is 1.56. The van der Waals surface area contributed by atoms with Gasteiger partial charge in [0.1, 0.15) is 0 Å². The molecule has 1 aliphatic heterocycles. The largest absolute Gasteiger partial charge is 0.347 e. The highest BCUT2D eigenvalue weighted by Crippen LogP contribution is 2.42. The third-order valence-corrected chi connectivity index (χ3v) is 2.58. The SMILES string of the molecule is [CH]C(C)C1COC2(CCC2)O1. The first-order chi connectivity index (χ1) is 5.22. The van der Waals surface area contributed by atoms with Crippen LogP contribution in [0.5, 0.6) is 0 Å². The fraction of sp³-hybridized carbons (Fsp3) is 0.889. The number of ether oxygens (including phenoxy) is 2. The van der Waals surface area contributed by atoms with Crippen molar-refractivity contribution in [2.75, 3.05) is 6.61 Å². The molecular formula is C9H14O2. The summed E-state index contributed by atoms with van der Waals surface area (Å²) in [4.78, 5) is 0. The second-order valence-corrected chi connectivity index (χ2v) is 3.59. The quantitative estimate of drug-likeness (QED) is 0.571. The Balaban J connectivity index is 1.93. The molecule has 2 unspecified atom stereocenters. The maximum Gasteiger partial charge on any atom is 0.168 e. The Morgan fingerprint density at radius 1 is 1.55 bits per heavy atom. The minimum absolute atomic E-state index is 0.0926. The second-order valence-electron chi connectivity index (χ2n) is 3.59. The summed E-state index contributed by atoms with van der Waals surface area (Å²) in [6.07, 6.45) is 3.45. The van der Waals surface area contributed by atoms with Gasteiger partial charge in [-0.3, -0.25) is 0 Å². The lowest BCUT2D eigenvalue weighted by Gasteiger charge is -2.36. The molecule has 1 spiro atoms. The molecule has 2 nitrogen and oxygen atoms in total. The molecule has 1 aliphatic carbocycles. The summed E-state index contributed by atoms with van der Waals surface area (Å²) in [6, 6.07) is 0. The van der Waals surface area contributed by atoms with Crippen LogP contribution in [0.2, 0.25) is 0 Å². The molecule has 2 rings (SSSR count).